The molecule has 0 amide bonds. The second-order valence-electron chi connectivity index (χ2n) is 4.85. The van der Waals surface area contributed by atoms with E-state index in [0.717, 1.165) is 22.5 Å². The zero-order chi connectivity index (χ0) is 11.6. The summed E-state index contributed by atoms with van der Waals surface area (Å²) in [6, 6.07) is 0. The van der Waals surface area contributed by atoms with Crippen molar-refractivity contribution in [2.45, 2.75) is 33.1 Å². The van der Waals surface area contributed by atoms with Gasteiger partial charge >= 0.3 is 0 Å². The molecule has 2 rings (SSSR count). The van der Waals surface area contributed by atoms with Crippen LogP contribution in [0.2, 0.25) is 0 Å². The molecule has 1 aliphatic heterocycles. The van der Waals surface area contributed by atoms with Gasteiger partial charge in [-0.05, 0) is 40.8 Å². The normalized spacial score (nSPS) is 19.8. The lowest BCUT2D eigenvalue weighted by molar-refractivity contribution is 0.237. The highest BCUT2D eigenvalue weighted by atomic mass is 127. The predicted octanol–water partition coefficient (Wildman–Crippen LogP) is 3.10. The van der Waals surface area contributed by atoms with Crippen LogP contribution in [0.3, 0.4) is 0 Å². The van der Waals surface area contributed by atoms with E-state index in [4.69, 9.17) is 0 Å². The largest absolute Gasteiger partial charge is 0.356 e. The zero-order valence-corrected chi connectivity index (χ0v) is 12.1. The third-order valence-corrected chi connectivity index (χ3v) is 4.53. The van der Waals surface area contributed by atoms with Gasteiger partial charge in [0.25, 0.3) is 0 Å². The van der Waals surface area contributed by atoms with Gasteiger partial charge in [0, 0.05) is 19.3 Å². The molecule has 0 radical (unpaired) electrons. The summed E-state index contributed by atoms with van der Waals surface area (Å²) in [7, 11) is 0. The number of hydrogen-bond donors (Lipinski definition) is 0. The molecular formula is C12H18IN3. The van der Waals surface area contributed by atoms with Crippen molar-refractivity contribution in [3.05, 3.63) is 16.1 Å². The van der Waals surface area contributed by atoms with Gasteiger partial charge < -0.3 is 4.90 Å². The van der Waals surface area contributed by atoms with Gasteiger partial charge in [-0.3, -0.25) is 0 Å². The molecule has 1 aliphatic rings. The van der Waals surface area contributed by atoms with Crippen LogP contribution in [0, 0.1) is 8.99 Å². The van der Waals surface area contributed by atoms with E-state index < -0.39 is 0 Å². The van der Waals surface area contributed by atoms with E-state index in [-0.39, 0.29) is 0 Å². The molecule has 0 spiro atoms. The monoisotopic (exact) mass is 331 g/mol. The van der Waals surface area contributed by atoms with Crippen LogP contribution < -0.4 is 4.90 Å². The summed E-state index contributed by atoms with van der Waals surface area (Å²) in [6.45, 7) is 6.94. The first-order chi connectivity index (χ1) is 7.64. The van der Waals surface area contributed by atoms with Gasteiger partial charge in [0.2, 0.25) is 0 Å². The Hall–Kier alpha value is -0.390. The Morgan fingerprint density at radius 3 is 2.69 bits per heavy atom. The zero-order valence-electron chi connectivity index (χ0n) is 9.91. The van der Waals surface area contributed by atoms with Crippen molar-refractivity contribution in [1.82, 2.24) is 9.97 Å². The fourth-order valence-electron chi connectivity index (χ4n) is 2.15. The lowest BCUT2D eigenvalue weighted by Gasteiger charge is -2.39. The van der Waals surface area contributed by atoms with Crippen LogP contribution in [0.4, 0.5) is 5.82 Å². The number of halogens is 1. The van der Waals surface area contributed by atoms with E-state index in [0.29, 0.717) is 5.41 Å². The highest BCUT2D eigenvalue weighted by molar-refractivity contribution is 14.1. The molecule has 0 N–H and O–H groups in total. The van der Waals surface area contributed by atoms with Crippen molar-refractivity contribution in [2.24, 2.45) is 5.41 Å². The smallest absolute Gasteiger partial charge is 0.145 e. The summed E-state index contributed by atoms with van der Waals surface area (Å²) >= 11 is 2.31. The fraction of sp³-hybridized carbons (Fsp3) is 0.667. The minimum Gasteiger partial charge on any atom is -0.356 e. The molecule has 0 aliphatic carbocycles. The fourth-order valence-corrected chi connectivity index (χ4v) is 2.79. The summed E-state index contributed by atoms with van der Waals surface area (Å²) in [5, 5.41) is 0. The number of aromatic nitrogens is 2. The summed E-state index contributed by atoms with van der Waals surface area (Å²) in [4.78, 5) is 10.8. The summed E-state index contributed by atoms with van der Waals surface area (Å²) in [6.07, 6.45) is 7.34. The lowest BCUT2D eigenvalue weighted by Crippen LogP contribution is -2.39. The summed E-state index contributed by atoms with van der Waals surface area (Å²) in [5.74, 6) is 1.11. The standard InChI is InChI=1S/C12H18IN3/c1-3-12(2)4-6-16(7-5-12)11-10(13)8-14-9-15-11/h8-9H,3-7H2,1-2H3. The van der Waals surface area contributed by atoms with E-state index in [1.165, 1.54) is 19.3 Å². The highest BCUT2D eigenvalue weighted by Crippen LogP contribution is 2.35. The SMILES string of the molecule is CCC1(C)CCN(c2ncncc2I)CC1. The molecule has 0 atom stereocenters. The average Bonchev–Trinajstić information content (AvgIpc) is 2.31. The van der Waals surface area contributed by atoms with Gasteiger partial charge in [-0.15, -0.1) is 0 Å². The Balaban J connectivity index is 2.07. The Kier molecular flexibility index (Phi) is 3.66. The quantitative estimate of drug-likeness (QED) is 0.780. The second-order valence-corrected chi connectivity index (χ2v) is 6.01. The van der Waals surface area contributed by atoms with Crippen molar-refractivity contribution in [3.63, 3.8) is 0 Å². The molecule has 1 aromatic heterocycles. The number of nitrogens with zero attached hydrogens (tertiary/aromatic N) is 3. The molecule has 3 nitrogen and oxygen atoms in total. The summed E-state index contributed by atoms with van der Waals surface area (Å²) in [5.41, 5.74) is 0.537. The first-order valence-corrected chi connectivity index (χ1v) is 6.93. The number of piperidine rings is 1. The molecule has 0 aromatic carbocycles. The predicted molar refractivity (Wildman–Crippen MR) is 74.6 cm³/mol. The molecule has 88 valence electrons. The second kappa shape index (κ2) is 4.85. The van der Waals surface area contributed by atoms with E-state index in [1.807, 2.05) is 6.20 Å². The third-order valence-electron chi connectivity index (χ3n) is 3.77. The molecular weight excluding hydrogens is 313 g/mol. The molecule has 4 heteroatoms. The number of rotatable bonds is 2. The van der Waals surface area contributed by atoms with Gasteiger partial charge in [0.15, 0.2) is 0 Å². The molecule has 1 saturated heterocycles. The van der Waals surface area contributed by atoms with Gasteiger partial charge in [-0.2, -0.15) is 0 Å². The molecule has 0 saturated carbocycles. The minimum atomic E-state index is 0.537. The van der Waals surface area contributed by atoms with Gasteiger partial charge in [-0.25, -0.2) is 9.97 Å². The van der Waals surface area contributed by atoms with Crippen LogP contribution in [0.25, 0.3) is 0 Å². The molecule has 1 fully saturated rings. The Labute approximate surface area is 111 Å². The molecule has 1 aromatic rings. The first kappa shape index (κ1) is 12.1. The van der Waals surface area contributed by atoms with Gasteiger partial charge in [-0.1, -0.05) is 20.3 Å². The minimum absolute atomic E-state index is 0.537. The Morgan fingerprint density at radius 2 is 2.12 bits per heavy atom. The van der Waals surface area contributed by atoms with Crippen molar-refractivity contribution in [2.75, 3.05) is 18.0 Å². The van der Waals surface area contributed by atoms with E-state index >= 15 is 0 Å². The lowest BCUT2D eigenvalue weighted by atomic mass is 9.78. The summed E-state index contributed by atoms with van der Waals surface area (Å²) < 4.78 is 1.15. The van der Waals surface area contributed by atoms with Crippen LogP contribution >= 0.6 is 22.6 Å². The van der Waals surface area contributed by atoms with Crippen LogP contribution in [0.1, 0.15) is 33.1 Å². The first-order valence-electron chi connectivity index (χ1n) is 5.85. The maximum atomic E-state index is 4.38. The third kappa shape index (κ3) is 2.47. The van der Waals surface area contributed by atoms with E-state index in [1.54, 1.807) is 6.33 Å². The van der Waals surface area contributed by atoms with Crippen LogP contribution in [0.15, 0.2) is 12.5 Å². The highest BCUT2D eigenvalue weighted by Gasteiger charge is 2.29. The number of hydrogen-bond acceptors (Lipinski definition) is 3. The average molecular weight is 331 g/mol. The van der Waals surface area contributed by atoms with Crippen LogP contribution in [-0.4, -0.2) is 23.1 Å². The van der Waals surface area contributed by atoms with Crippen LogP contribution in [0.5, 0.6) is 0 Å². The molecule has 2 heterocycles. The van der Waals surface area contributed by atoms with Gasteiger partial charge in [0.1, 0.15) is 12.1 Å². The molecule has 0 bridgehead atoms. The van der Waals surface area contributed by atoms with E-state index in [9.17, 15) is 0 Å². The van der Waals surface area contributed by atoms with Crippen molar-refractivity contribution < 1.29 is 0 Å². The number of anilines is 1. The van der Waals surface area contributed by atoms with Crippen LogP contribution in [-0.2, 0) is 0 Å². The topological polar surface area (TPSA) is 29.0 Å². The molecule has 0 unspecified atom stereocenters. The maximum Gasteiger partial charge on any atom is 0.145 e. The maximum absolute atomic E-state index is 4.38. The van der Waals surface area contributed by atoms with Gasteiger partial charge in [0.05, 0.1) is 3.57 Å². The van der Waals surface area contributed by atoms with Crippen molar-refractivity contribution in [3.8, 4) is 0 Å². The van der Waals surface area contributed by atoms with Crippen molar-refractivity contribution >= 4 is 28.4 Å². The Morgan fingerprint density at radius 1 is 1.44 bits per heavy atom. The Bertz CT molecular complexity index is 359. The van der Waals surface area contributed by atoms with Crippen molar-refractivity contribution in [1.29, 1.82) is 0 Å². The molecule has 16 heavy (non-hydrogen) atoms. The van der Waals surface area contributed by atoms with E-state index in [2.05, 4.69) is 51.3 Å².